The van der Waals surface area contributed by atoms with E-state index in [1.54, 1.807) is 12.4 Å². The Balaban J connectivity index is 1.49. The van der Waals surface area contributed by atoms with Crippen molar-refractivity contribution >= 4 is 16.9 Å². The van der Waals surface area contributed by atoms with E-state index in [-0.39, 0.29) is 6.61 Å². The summed E-state index contributed by atoms with van der Waals surface area (Å²) >= 11 is 0. The number of hydrogen-bond acceptors (Lipinski definition) is 6. The van der Waals surface area contributed by atoms with Crippen LogP contribution in [-0.4, -0.2) is 39.8 Å². The lowest BCUT2D eigenvalue weighted by molar-refractivity contribution is 0.240. The van der Waals surface area contributed by atoms with Crippen LogP contribution < -0.4 is 4.90 Å². The predicted molar refractivity (Wildman–Crippen MR) is 91.7 cm³/mol. The van der Waals surface area contributed by atoms with Crippen molar-refractivity contribution in [2.75, 3.05) is 24.6 Å². The maximum atomic E-state index is 9.05. The molecule has 1 fully saturated rings. The van der Waals surface area contributed by atoms with Crippen LogP contribution in [-0.2, 0) is 0 Å². The quantitative estimate of drug-likeness (QED) is 0.795. The van der Waals surface area contributed by atoms with Crippen molar-refractivity contribution in [3.63, 3.8) is 0 Å². The molecule has 6 nitrogen and oxygen atoms in total. The normalized spacial score (nSPS) is 16.0. The van der Waals surface area contributed by atoms with Crippen molar-refractivity contribution in [2.24, 2.45) is 5.92 Å². The summed E-state index contributed by atoms with van der Waals surface area (Å²) in [5, 5.41) is 9.05. The molecule has 124 valence electrons. The van der Waals surface area contributed by atoms with Gasteiger partial charge in [-0.2, -0.15) is 0 Å². The zero-order valence-corrected chi connectivity index (χ0v) is 13.4. The summed E-state index contributed by atoms with van der Waals surface area (Å²) < 4.78 is 5.75. The fourth-order valence-electron chi connectivity index (χ4n) is 3.24. The molecule has 0 bridgehead atoms. The van der Waals surface area contributed by atoms with Gasteiger partial charge in [-0.25, -0.2) is 9.97 Å². The highest BCUT2D eigenvalue weighted by Gasteiger charge is 2.20. The van der Waals surface area contributed by atoms with Crippen LogP contribution in [0.15, 0.2) is 41.2 Å². The van der Waals surface area contributed by atoms with Crippen molar-refractivity contribution < 1.29 is 9.52 Å². The van der Waals surface area contributed by atoms with Gasteiger partial charge < -0.3 is 14.4 Å². The van der Waals surface area contributed by atoms with E-state index in [4.69, 9.17) is 9.52 Å². The molecular weight excluding hydrogens is 304 g/mol. The van der Waals surface area contributed by atoms with E-state index in [2.05, 4.69) is 19.9 Å². The third-order valence-electron chi connectivity index (χ3n) is 4.66. The van der Waals surface area contributed by atoms with Gasteiger partial charge in [0.25, 0.3) is 0 Å². The second kappa shape index (κ2) is 6.57. The summed E-state index contributed by atoms with van der Waals surface area (Å²) in [6, 6.07) is 5.83. The van der Waals surface area contributed by atoms with Crippen molar-refractivity contribution in [1.29, 1.82) is 0 Å². The van der Waals surface area contributed by atoms with Crippen LogP contribution in [0.1, 0.15) is 19.3 Å². The smallest absolute Gasteiger partial charge is 0.228 e. The van der Waals surface area contributed by atoms with Gasteiger partial charge in [-0.15, -0.1) is 0 Å². The van der Waals surface area contributed by atoms with Crippen LogP contribution in [0.4, 0.5) is 5.82 Å². The Morgan fingerprint density at radius 2 is 2.04 bits per heavy atom. The number of pyridine rings is 2. The highest BCUT2D eigenvalue weighted by molar-refractivity contribution is 5.74. The first-order chi connectivity index (χ1) is 11.8. The Morgan fingerprint density at radius 3 is 2.75 bits per heavy atom. The largest absolute Gasteiger partial charge is 0.436 e. The van der Waals surface area contributed by atoms with Crippen LogP contribution >= 0.6 is 0 Å². The van der Waals surface area contributed by atoms with Crippen LogP contribution in [0.25, 0.3) is 22.6 Å². The minimum atomic E-state index is 0.289. The number of rotatable bonds is 4. The molecule has 3 aromatic rings. The molecule has 0 aliphatic carbocycles. The van der Waals surface area contributed by atoms with Gasteiger partial charge in [0.05, 0.1) is 11.8 Å². The predicted octanol–water partition coefficient (Wildman–Crippen LogP) is 2.88. The van der Waals surface area contributed by atoms with Gasteiger partial charge in [-0.1, -0.05) is 0 Å². The number of fused-ring (bicyclic) bond motifs is 1. The van der Waals surface area contributed by atoms with E-state index in [1.165, 1.54) is 0 Å². The SMILES string of the molecule is OCCC1CCN(c2ccc(-c3nc4cnccc4o3)cn2)CC1. The summed E-state index contributed by atoms with van der Waals surface area (Å²) in [6.45, 7) is 2.27. The molecular formula is C18H20N4O2. The molecule has 0 unspecified atom stereocenters. The van der Waals surface area contributed by atoms with E-state index < -0.39 is 0 Å². The summed E-state index contributed by atoms with van der Waals surface area (Å²) in [5.41, 5.74) is 2.35. The Labute approximate surface area is 140 Å². The van der Waals surface area contributed by atoms with Crippen molar-refractivity contribution in [2.45, 2.75) is 19.3 Å². The topological polar surface area (TPSA) is 75.3 Å². The Kier molecular flexibility index (Phi) is 4.13. The van der Waals surface area contributed by atoms with E-state index >= 15 is 0 Å². The first-order valence-electron chi connectivity index (χ1n) is 8.36. The molecule has 3 aromatic heterocycles. The fourth-order valence-corrected chi connectivity index (χ4v) is 3.24. The number of hydrogen-bond donors (Lipinski definition) is 1. The van der Waals surface area contributed by atoms with E-state index in [9.17, 15) is 0 Å². The average Bonchev–Trinajstić information content (AvgIpc) is 3.07. The minimum Gasteiger partial charge on any atom is -0.436 e. The van der Waals surface area contributed by atoms with E-state index in [0.717, 1.165) is 54.8 Å². The van der Waals surface area contributed by atoms with Gasteiger partial charge in [0.2, 0.25) is 5.89 Å². The zero-order valence-electron chi connectivity index (χ0n) is 13.4. The molecule has 0 atom stereocenters. The molecule has 1 aliphatic rings. The molecule has 0 saturated carbocycles. The Hall–Kier alpha value is -2.47. The average molecular weight is 324 g/mol. The molecule has 0 spiro atoms. The molecule has 6 heteroatoms. The number of aromatic nitrogens is 3. The second-order valence-electron chi connectivity index (χ2n) is 6.21. The highest BCUT2D eigenvalue weighted by Crippen LogP contribution is 2.27. The highest BCUT2D eigenvalue weighted by atomic mass is 16.3. The molecule has 24 heavy (non-hydrogen) atoms. The van der Waals surface area contributed by atoms with E-state index in [1.807, 2.05) is 24.4 Å². The van der Waals surface area contributed by atoms with Gasteiger partial charge in [0, 0.05) is 38.2 Å². The Morgan fingerprint density at radius 1 is 1.17 bits per heavy atom. The molecule has 1 N–H and O–H groups in total. The summed E-state index contributed by atoms with van der Waals surface area (Å²) in [5.74, 6) is 2.19. The lowest BCUT2D eigenvalue weighted by Crippen LogP contribution is -2.34. The first kappa shape index (κ1) is 15.1. The molecule has 1 saturated heterocycles. The molecule has 0 amide bonds. The van der Waals surface area contributed by atoms with Crippen molar-refractivity contribution in [3.05, 3.63) is 36.8 Å². The van der Waals surface area contributed by atoms with Gasteiger partial charge >= 0.3 is 0 Å². The standard InChI is InChI=1S/C18H20N4O2/c23-10-6-13-4-8-22(9-5-13)17-2-1-14(11-20-17)18-21-15-12-19-7-3-16(15)24-18/h1-3,7,11-13,23H,4-6,8-10H2. The molecule has 4 rings (SSSR count). The fraction of sp³-hybridized carbons (Fsp3) is 0.389. The number of piperidine rings is 1. The third kappa shape index (κ3) is 2.97. The maximum Gasteiger partial charge on any atom is 0.228 e. The number of aliphatic hydroxyl groups excluding tert-OH is 1. The minimum absolute atomic E-state index is 0.289. The summed E-state index contributed by atoms with van der Waals surface area (Å²) in [6.07, 6.45) is 8.34. The van der Waals surface area contributed by atoms with Gasteiger partial charge in [-0.3, -0.25) is 4.98 Å². The monoisotopic (exact) mass is 324 g/mol. The Bertz CT molecular complexity index is 774. The van der Waals surface area contributed by atoms with Crippen LogP contribution in [0.3, 0.4) is 0 Å². The van der Waals surface area contributed by atoms with Gasteiger partial charge in [0.15, 0.2) is 5.58 Å². The number of oxazole rings is 1. The second-order valence-corrected chi connectivity index (χ2v) is 6.21. The van der Waals surface area contributed by atoms with Crippen LogP contribution in [0.5, 0.6) is 0 Å². The van der Waals surface area contributed by atoms with Crippen molar-refractivity contribution in [1.82, 2.24) is 15.0 Å². The third-order valence-corrected chi connectivity index (χ3v) is 4.66. The lowest BCUT2D eigenvalue weighted by atomic mass is 9.94. The maximum absolute atomic E-state index is 9.05. The molecule has 0 radical (unpaired) electrons. The molecule has 1 aliphatic heterocycles. The van der Waals surface area contributed by atoms with Gasteiger partial charge in [-0.05, 0) is 37.3 Å². The van der Waals surface area contributed by atoms with Crippen molar-refractivity contribution in [3.8, 4) is 11.5 Å². The molecule has 0 aromatic carbocycles. The number of aliphatic hydroxyl groups is 1. The van der Waals surface area contributed by atoms with E-state index in [0.29, 0.717) is 11.8 Å². The summed E-state index contributed by atoms with van der Waals surface area (Å²) in [4.78, 5) is 15.4. The number of nitrogens with zero attached hydrogens (tertiary/aromatic N) is 4. The van der Waals surface area contributed by atoms with Crippen LogP contribution in [0, 0.1) is 5.92 Å². The van der Waals surface area contributed by atoms with Crippen LogP contribution in [0.2, 0.25) is 0 Å². The first-order valence-corrected chi connectivity index (χ1v) is 8.36. The lowest BCUT2D eigenvalue weighted by Gasteiger charge is -2.32. The zero-order chi connectivity index (χ0) is 16.4. The van der Waals surface area contributed by atoms with Gasteiger partial charge in [0.1, 0.15) is 11.3 Å². The number of anilines is 1. The summed E-state index contributed by atoms with van der Waals surface area (Å²) in [7, 11) is 0. The molecule has 4 heterocycles.